The minimum atomic E-state index is 0.852. The van der Waals surface area contributed by atoms with Gasteiger partial charge in [-0.05, 0) is 13.1 Å². The van der Waals surface area contributed by atoms with Gasteiger partial charge in [0.05, 0.1) is 13.0 Å². The van der Waals surface area contributed by atoms with Crippen LogP contribution in [0.15, 0.2) is 31.0 Å². The molecule has 0 spiro atoms. The van der Waals surface area contributed by atoms with E-state index in [2.05, 4.69) is 9.88 Å². The Hall–Kier alpha value is -1.25. The molecule has 0 saturated carbocycles. The van der Waals surface area contributed by atoms with E-state index in [4.69, 9.17) is 0 Å². The first-order valence-corrected chi connectivity index (χ1v) is 3.61. The third kappa shape index (κ3) is 2.45. The predicted molar refractivity (Wildman–Crippen MR) is 44.8 cm³/mol. The van der Waals surface area contributed by atoms with Crippen molar-refractivity contribution in [1.82, 2.24) is 14.5 Å². The molecule has 0 amide bonds. The van der Waals surface area contributed by atoms with Crippen LogP contribution in [0.25, 0.3) is 0 Å². The summed E-state index contributed by atoms with van der Waals surface area (Å²) in [6.07, 6.45) is 9.57. The van der Waals surface area contributed by atoms with E-state index in [-0.39, 0.29) is 0 Å². The Labute approximate surface area is 67.0 Å². The molecule has 0 unspecified atom stereocenters. The number of hydrogen-bond donors (Lipinski definition) is 0. The molecule has 11 heavy (non-hydrogen) atoms. The van der Waals surface area contributed by atoms with Gasteiger partial charge >= 0.3 is 0 Å². The highest BCUT2D eigenvalue weighted by Gasteiger charge is 1.90. The highest BCUT2D eigenvalue weighted by Crippen LogP contribution is 1.91. The van der Waals surface area contributed by atoms with Crippen LogP contribution in [0.1, 0.15) is 6.92 Å². The van der Waals surface area contributed by atoms with Gasteiger partial charge in [0.2, 0.25) is 0 Å². The average Bonchev–Trinajstić information content (AvgIpc) is 2.40. The molecule has 1 aromatic heterocycles. The molecule has 0 radical (unpaired) electrons. The summed E-state index contributed by atoms with van der Waals surface area (Å²) in [6.45, 7) is 2.86. The maximum atomic E-state index is 3.95. The normalized spacial score (nSPS) is 10.7. The lowest BCUT2D eigenvalue weighted by molar-refractivity contribution is 0.364. The monoisotopic (exact) mass is 151 g/mol. The van der Waals surface area contributed by atoms with Crippen LogP contribution < -0.4 is 0 Å². The SMILES string of the molecule is CC=CN(C)Cn1ccnc1. The van der Waals surface area contributed by atoms with Crippen LogP contribution in [0.5, 0.6) is 0 Å². The van der Waals surface area contributed by atoms with Gasteiger partial charge in [0.15, 0.2) is 0 Å². The Bertz CT molecular complexity index is 213. The van der Waals surface area contributed by atoms with Crippen molar-refractivity contribution in [3.05, 3.63) is 31.0 Å². The molecular formula is C8H13N3. The first-order valence-electron chi connectivity index (χ1n) is 3.61. The van der Waals surface area contributed by atoms with Crippen LogP contribution in [0, 0.1) is 0 Å². The predicted octanol–water partition coefficient (Wildman–Crippen LogP) is 1.31. The van der Waals surface area contributed by atoms with E-state index >= 15 is 0 Å². The minimum absolute atomic E-state index is 0.852. The highest BCUT2D eigenvalue weighted by molar-refractivity contribution is 4.78. The van der Waals surface area contributed by atoms with Gasteiger partial charge in [0.1, 0.15) is 0 Å². The summed E-state index contributed by atoms with van der Waals surface area (Å²) in [5.41, 5.74) is 0. The van der Waals surface area contributed by atoms with Gasteiger partial charge in [-0.1, -0.05) is 6.08 Å². The van der Waals surface area contributed by atoms with Gasteiger partial charge in [-0.2, -0.15) is 0 Å². The highest BCUT2D eigenvalue weighted by atomic mass is 15.2. The second-order valence-electron chi connectivity index (χ2n) is 2.46. The van der Waals surface area contributed by atoms with E-state index in [1.807, 2.05) is 37.0 Å². The van der Waals surface area contributed by atoms with Gasteiger partial charge in [0, 0.05) is 19.4 Å². The molecule has 0 aliphatic carbocycles. The number of allylic oxidation sites excluding steroid dienone is 1. The van der Waals surface area contributed by atoms with Gasteiger partial charge in [0.25, 0.3) is 0 Å². The third-order valence-corrected chi connectivity index (χ3v) is 1.35. The van der Waals surface area contributed by atoms with Crippen LogP contribution >= 0.6 is 0 Å². The maximum Gasteiger partial charge on any atom is 0.0960 e. The second kappa shape index (κ2) is 3.81. The number of hydrogen-bond acceptors (Lipinski definition) is 2. The van der Waals surface area contributed by atoms with Crippen molar-refractivity contribution in [2.45, 2.75) is 13.6 Å². The summed E-state index contributed by atoms with van der Waals surface area (Å²) in [4.78, 5) is 6.03. The average molecular weight is 151 g/mol. The fourth-order valence-corrected chi connectivity index (χ4v) is 0.930. The first-order chi connectivity index (χ1) is 5.33. The van der Waals surface area contributed by atoms with Crippen molar-refractivity contribution in [2.24, 2.45) is 0 Å². The lowest BCUT2D eigenvalue weighted by Gasteiger charge is -2.13. The molecule has 3 nitrogen and oxygen atoms in total. The number of rotatable bonds is 3. The van der Waals surface area contributed by atoms with E-state index in [0.717, 1.165) is 6.67 Å². The van der Waals surface area contributed by atoms with Crippen molar-refractivity contribution in [2.75, 3.05) is 7.05 Å². The molecular weight excluding hydrogens is 138 g/mol. The second-order valence-corrected chi connectivity index (χ2v) is 2.46. The largest absolute Gasteiger partial charge is 0.363 e. The van der Waals surface area contributed by atoms with Crippen molar-refractivity contribution in [3.8, 4) is 0 Å². The van der Waals surface area contributed by atoms with E-state index < -0.39 is 0 Å². The summed E-state index contributed by atoms with van der Waals surface area (Å²) in [7, 11) is 2.03. The Morgan fingerprint density at radius 2 is 2.45 bits per heavy atom. The van der Waals surface area contributed by atoms with Crippen molar-refractivity contribution in [1.29, 1.82) is 0 Å². The zero-order valence-electron chi connectivity index (χ0n) is 6.94. The molecule has 1 rings (SSSR count). The van der Waals surface area contributed by atoms with Crippen LogP contribution in [-0.4, -0.2) is 21.5 Å². The molecule has 0 saturated heterocycles. The van der Waals surface area contributed by atoms with Gasteiger partial charge in [-0.3, -0.25) is 0 Å². The van der Waals surface area contributed by atoms with E-state index in [1.54, 1.807) is 12.5 Å². The Kier molecular flexibility index (Phi) is 2.72. The van der Waals surface area contributed by atoms with Gasteiger partial charge < -0.3 is 9.47 Å². The molecule has 0 fully saturated rings. The van der Waals surface area contributed by atoms with E-state index in [1.165, 1.54) is 0 Å². The van der Waals surface area contributed by atoms with Crippen molar-refractivity contribution < 1.29 is 0 Å². The van der Waals surface area contributed by atoms with Crippen molar-refractivity contribution >= 4 is 0 Å². The van der Waals surface area contributed by atoms with Crippen LogP contribution in [0.3, 0.4) is 0 Å². The number of imidazole rings is 1. The standard InChI is InChI=1S/C8H13N3/c1-3-5-10(2)8-11-6-4-9-7-11/h3-7H,8H2,1-2H3. The molecule has 3 heteroatoms. The van der Waals surface area contributed by atoms with Crippen molar-refractivity contribution in [3.63, 3.8) is 0 Å². The lowest BCUT2D eigenvalue weighted by Crippen LogP contribution is -2.14. The molecule has 0 aliphatic rings. The number of aromatic nitrogens is 2. The van der Waals surface area contributed by atoms with Crippen LogP contribution in [0.4, 0.5) is 0 Å². The summed E-state index contributed by atoms with van der Waals surface area (Å²) in [5.74, 6) is 0. The zero-order chi connectivity index (χ0) is 8.10. The zero-order valence-corrected chi connectivity index (χ0v) is 6.94. The van der Waals surface area contributed by atoms with Gasteiger partial charge in [-0.25, -0.2) is 4.98 Å². The Morgan fingerprint density at radius 3 is 3.00 bits per heavy atom. The molecule has 0 atom stereocenters. The Morgan fingerprint density at radius 1 is 1.64 bits per heavy atom. The van der Waals surface area contributed by atoms with E-state index in [9.17, 15) is 0 Å². The molecule has 0 bridgehead atoms. The first kappa shape index (κ1) is 7.85. The number of nitrogens with zero attached hydrogens (tertiary/aromatic N) is 3. The lowest BCUT2D eigenvalue weighted by atomic mass is 10.6. The van der Waals surface area contributed by atoms with E-state index in [0.29, 0.717) is 0 Å². The summed E-state index contributed by atoms with van der Waals surface area (Å²) < 4.78 is 2.01. The van der Waals surface area contributed by atoms with Gasteiger partial charge in [-0.15, -0.1) is 0 Å². The summed E-state index contributed by atoms with van der Waals surface area (Å²) in [6, 6.07) is 0. The van der Waals surface area contributed by atoms with Crippen LogP contribution in [0.2, 0.25) is 0 Å². The molecule has 1 heterocycles. The maximum absolute atomic E-state index is 3.95. The fraction of sp³-hybridized carbons (Fsp3) is 0.375. The smallest absolute Gasteiger partial charge is 0.0960 e. The summed E-state index contributed by atoms with van der Waals surface area (Å²) >= 11 is 0. The van der Waals surface area contributed by atoms with Crippen LogP contribution in [-0.2, 0) is 6.67 Å². The minimum Gasteiger partial charge on any atom is -0.363 e. The quantitative estimate of drug-likeness (QED) is 0.649. The molecule has 0 aliphatic heterocycles. The Balaban J connectivity index is 2.43. The molecule has 0 aromatic carbocycles. The molecule has 0 N–H and O–H groups in total. The topological polar surface area (TPSA) is 21.1 Å². The fourth-order valence-electron chi connectivity index (χ4n) is 0.930. The molecule has 60 valence electrons. The molecule has 1 aromatic rings. The summed E-state index contributed by atoms with van der Waals surface area (Å²) in [5, 5.41) is 0. The third-order valence-electron chi connectivity index (χ3n) is 1.35.